The summed E-state index contributed by atoms with van der Waals surface area (Å²) in [5.74, 6) is -0.688. The molecular formula is C14H20FN3O2S. The highest BCUT2D eigenvalue weighted by Gasteiger charge is 2.36. The molecule has 2 heterocycles. The molecule has 1 aromatic carbocycles. The zero-order valence-electron chi connectivity index (χ0n) is 11.8. The Balaban J connectivity index is 1.87. The van der Waals surface area contributed by atoms with Gasteiger partial charge in [-0.05, 0) is 31.5 Å². The zero-order valence-corrected chi connectivity index (χ0v) is 12.7. The third-order valence-corrected chi connectivity index (χ3v) is 6.35. The number of halogens is 1. The van der Waals surface area contributed by atoms with E-state index in [1.54, 1.807) is 0 Å². The van der Waals surface area contributed by atoms with Gasteiger partial charge in [-0.3, -0.25) is 4.90 Å². The Hall–Kier alpha value is -1.18. The molecule has 21 heavy (non-hydrogen) atoms. The number of nitrogen functional groups attached to an aromatic ring is 1. The molecular weight excluding hydrogens is 293 g/mol. The molecule has 0 bridgehead atoms. The van der Waals surface area contributed by atoms with E-state index in [9.17, 15) is 12.8 Å². The number of benzene rings is 1. The van der Waals surface area contributed by atoms with Crippen molar-refractivity contribution in [3.63, 3.8) is 0 Å². The Morgan fingerprint density at radius 3 is 2.81 bits per heavy atom. The Morgan fingerprint density at radius 2 is 2.00 bits per heavy atom. The van der Waals surface area contributed by atoms with Crippen LogP contribution in [0.4, 0.5) is 10.1 Å². The largest absolute Gasteiger partial charge is 0.395 e. The van der Waals surface area contributed by atoms with Gasteiger partial charge >= 0.3 is 0 Å². The van der Waals surface area contributed by atoms with Crippen LogP contribution < -0.4 is 5.73 Å². The second-order valence-electron chi connectivity index (χ2n) is 5.70. The van der Waals surface area contributed by atoms with Gasteiger partial charge in [-0.1, -0.05) is 12.5 Å². The third kappa shape index (κ3) is 2.65. The van der Waals surface area contributed by atoms with E-state index in [2.05, 4.69) is 4.90 Å². The number of hydrogen-bond acceptors (Lipinski definition) is 4. The van der Waals surface area contributed by atoms with Crippen LogP contribution in [0.3, 0.4) is 0 Å². The number of fused-ring (bicyclic) bond motifs is 1. The highest BCUT2D eigenvalue weighted by atomic mass is 32.2. The molecule has 0 aromatic heterocycles. The van der Waals surface area contributed by atoms with E-state index in [4.69, 9.17) is 5.73 Å². The fraction of sp³-hybridized carbons (Fsp3) is 0.571. The van der Waals surface area contributed by atoms with Gasteiger partial charge in [0.05, 0.1) is 5.69 Å². The number of para-hydroxylation sites is 1. The Kier molecular flexibility index (Phi) is 3.90. The third-order valence-electron chi connectivity index (χ3n) is 4.43. The summed E-state index contributed by atoms with van der Waals surface area (Å²) in [7, 11) is -3.72. The molecule has 116 valence electrons. The summed E-state index contributed by atoms with van der Waals surface area (Å²) in [6.07, 6.45) is 3.34. The summed E-state index contributed by atoms with van der Waals surface area (Å²) >= 11 is 0. The zero-order chi connectivity index (χ0) is 15.0. The highest BCUT2D eigenvalue weighted by Crippen LogP contribution is 2.28. The first-order valence-electron chi connectivity index (χ1n) is 7.28. The number of anilines is 1. The lowest BCUT2D eigenvalue weighted by Crippen LogP contribution is -2.56. The van der Waals surface area contributed by atoms with E-state index < -0.39 is 15.8 Å². The van der Waals surface area contributed by atoms with Gasteiger partial charge in [0.1, 0.15) is 10.7 Å². The van der Waals surface area contributed by atoms with E-state index in [1.165, 1.54) is 28.9 Å². The molecule has 2 aliphatic rings. The van der Waals surface area contributed by atoms with Crippen molar-refractivity contribution in [2.45, 2.75) is 30.2 Å². The molecule has 2 N–H and O–H groups in total. The number of nitrogens with two attached hydrogens (primary N) is 1. The lowest BCUT2D eigenvalue weighted by Gasteiger charge is -2.43. The van der Waals surface area contributed by atoms with Crippen molar-refractivity contribution in [1.29, 1.82) is 0 Å². The number of rotatable bonds is 2. The van der Waals surface area contributed by atoms with E-state index in [0.717, 1.165) is 25.9 Å². The summed E-state index contributed by atoms with van der Waals surface area (Å²) in [5.41, 5.74) is 5.33. The summed E-state index contributed by atoms with van der Waals surface area (Å²) in [6.45, 7) is 2.69. The summed E-state index contributed by atoms with van der Waals surface area (Å²) in [4.78, 5) is 2.23. The Labute approximate surface area is 124 Å². The van der Waals surface area contributed by atoms with E-state index >= 15 is 0 Å². The second kappa shape index (κ2) is 5.55. The molecule has 7 heteroatoms. The lowest BCUT2D eigenvalue weighted by atomic mass is 10.0. The van der Waals surface area contributed by atoms with Crippen molar-refractivity contribution in [2.24, 2.45) is 0 Å². The smallest absolute Gasteiger partial charge is 0.245 e. The van der Waals surface area contributed by atoms with Crippen molar-refractivity contribution in [3.8, 4) is 0 Å². The molecule has 1 atom stereocenters. The molecule has 0 radical (unpaired) electrons. The monoisotopic (exact) mass is 313 g/mol. The van der Waals surface area contributed by atoms with Gasteiger partial charge in [0.25, 0.3) is 0 Å². The molecule has 0 aliphatic carbocycles. The van der Waals surface area contributed by atoms with Gasteiger partial charge in [0.15, 0.2) is 0 Å². The van der Waals surface area contributed by atoms with Crippen LogP contribution in [0.1, 0.15) is 19.3 Å². The van der Waals surface area contributed by atoms with E-state index in [0.29, 0.717) is 13.1 Å². The molecule has 0 amide bonds. The fourth-order valence-corrected chi connectivity index (χ4v) is 4.82. The van der Waals surface area contributed by atoms with Gasteiger partial charge in [-0.25, -0.2) is 12.8 Å². The molecule has 0 saturated carbocycles. The lowest BCUT2D eigenvalue weighted by molar-refractivity contribution is 0.0852. The average Bonchev–Trinajstić information content (AvgIpc) is 2.49. The number of hydrogen-bond donors (Lipinski definition) is 1. The van der Waals surface area contributed by atoms with Crippen LogP contribution in [0.5, 0.6) is 0 Å². The molecule has 1 aromatic rings. The normalized spacial score (nSPS) is 24.7. The summed E-state index contributed by atoms with van der Waals surface area (Å²) < 4.78 is 40.4. The SMILES string of the molecule is Nc1c(F)cccc1S(=O)(=O)N1CCN2CCCCC2C1. The number of sulfonamides is 1. The predicted octanol–water partition coefficient (Wildman–Crippen LogP) is 1.27. The summed E-state index contributed by atoms with van der Waals surface area (Å²) in [6, 6.07) is 4.21. The molecule has 5 nitrogen and oxygen atoms in total. The highest BCUT2D eigenvalue weighted by molar-refractivity contribution is 7.89. The fourth-order valence-electron chi connectivity index (χ4n) is 3.23. The first-order chi connectivity index (χ1) is 10.00. The molecule has 0 spiro atoms. The van der Waals surface area contributed by atoms with E-state index in [-0.39, 0.29) is 16.6 Å². The summed E-state index contributed by atoms with van der Waals surface area (Å²) in [5, 5.41) is 0. The molecule has 3 rings (SSSR count). The van der Waals surface area contributed by atoms with Crippen LogP contribution >= 0.6 is 0 Å². The first-order valence-corrected chi connectivity index (χ1v) is 8.72. The van der Waals surface area contributed by atoms with Gasteiger partial charge < -0.3 is 5.73 Å². The van der Waals surface area contributed by atoms with Gasteiger partial charge in [-0.2, -0.15) is 4.31 Å². The quantitative estimate of drug-likeness (QED) is 0.835. The standard InChI is InChI=1S/C14H20FN3O2S/c15-12-5-3-6-13(14(12)16)21(19,20)18-9-8-17-7-2-1-4-11(17)10-18/h3,5-6,11H,1-2,4,7-10,16H2. The molecule has 1 unspecified atom stereocenters. The predicted molar refractivity (Wildman–Crippen MR) is 78.8 cm³/mol. The van der Waals surface area contributed by atoms with Crippen LogP contribution in [0.25, 0.3) is 0 Å². The maximum atomic E-state index is 13.5. The second-order valence-corrected chi connectivity index (χ2v) is 7.61. The van der Waals surface area contributed by atoms with Crippen molar-refractivity contribution in [1.82, 2.24) is 9.21 Å². The minimum atomic E-state index is -3.72. The van der Waals surface area contributed by atoms with Crippen molar-refractivity contribution < 1.29 is 12.8 Å². The van der Waals surface area contributed by atoms with Crippen LogP contribution in [-0.2, 0) is 10.0 Å². The van der Waals surface area contributed by atoms with Crippen LogP contribution in [0.2, 0.25) is 0 Å². The topological polar surface area (TPSA) is 66.6 Å². The van der Waals surface area contributed by atoms with Crippen molar-refractivity contribution >= 4 is 15.7 Å². The molecule has 2 saturated heterocycles. The number of nitrogens with zero attached hydrogens (tertiary/aromatic N) is 2. The minimum Gasteiger partial charge on any atom is -0.395 e. The van der Waals surface area contributed by atoms with Crippen molar-refractivity contribution in [2.75, 3.05) is 31.9 Å². The maximum absolute atomic E-state index is 13.5. The van der Waals surface area contributed by atoms with Gasteiger partial charge in [-0.15, -0.1) is 0 Å². The Bertz CT molecular complexity index is 635. The number of piperazine rings is 1. The first kappa shape index (κ1) is 14.7. The maximum Gasteiger partial charge on any atom is 0.245 e. The van der Waals surface area contributed by atoms with Crippen molar-refractivity contribution in [3.05, 3.63) is 24.0 Å². The van der Waals surface area contributed by atoms with Gasteiger partial charge in [0, 0.05) is 25.7 Å². The van der Waals surface area contributed by atoms with Crippen LogP contribution in [-0.4, -0.2) is 49.8 Å². The average molecular weight is 313 g/mol. The molecule has 2 fully saturated rings. The Morgan fingerprint density at radius 1 is 1.19 bits per heavy atom. The minimum absolute atomic E-state index is 0.119. The van der Waals surface area contributed by atoms with Crippen LogP contribution in [0, 0.1) is 5.82 Å². The van der Waals surface area contributed by atoms with Gasteiger partial charge in [0.2, 0.25) is 10.0 Å². The number of piperidine rings is 1. The molecule has 2 aliphatic heterocycles. The van der Waals surface area contributed by atoms with E-state index in [1.807, 2.05) is 0 Å². The van der Waals surface area contributed by atoms with Crippen LogP contribution in [0.15, 0.2) is 23.1 Å².